The molecule has 111 valence electrons. The van der Waals surface area contributed by atoms with E-state index in [1.807, 2.05) is 0 Å². The maximum atomic E-state index is 12.0. The predicted molar refractivity (Wildman–Crippen MR) is 73.6 cm³/mol. The summed E-state index contributed by atoms with van der Waals surface area (Å²) in [4.78, 5) is 36.5. The number of urea groups is 1. The van der Waals surface area contributed by atoms with Crippen molar-refractivity contribution >= 4 is 35.6 Å². The zero-order valence-corrected chi connectivity index (χ0v) is 11.4. The highest BCUT2D eigenvalue weighted by Gasteiger charge is 2.26. The van der Waals surface area contributed by atoms with E-state index in [0.717, 1.165) is 4.90 Å². The molecule has 1 aromatic heterocycles. The summed E-state index contributed by atoms with van der Waals surface area (Å²) in [5.74, 6) is -0.249. The van der Waals surface area contributed by atoms with E-state index in [2.05, 4.69) is 25.6 Å². The van der Waals surface area contributed by atoms with Crippen LogP contribution in [0, 0.1) is 0 Å². The van der Waals surface area contributed by atoms with E-state index in [9.17, 15) is 14.7 Å². The number of nitrogens with two attached hydrogens (primary N) is 1. The zero-order valence-electron chi connectivity index (χ0n) is 11.4. The summed E-state index contributed by atoms with van der Waals surface area (Å²) < 4.78 is 0. The number of nitrogens with one attached hydrogen (secondary N) is 1. The summed E-state index contributed by atoms with van der Waals surface area (Å²) in [5, 5.41) is 15.2. The summed E-state index contributed by atoms with van der Waals surface area (Å²) in [5.41, 5.74) is 5.78. The van der Waals surface area contributed by atoms with Crippen LogP contribution in [0.5, 0.6) is 0 Å². The molecule has 3 amide bonds. The van der Waals surface area contributed by atoms with Gasteiger partial charge >= 0.3 is 6.03 Å². The normalized spacial score (nSPS) is 14.9. The maximum absolute atomic E-state index is 12.0. The number of hydrogen-bond donors (Lipinski definition) is 3. The molecule has 0 saturated heterocycles. The molecule has 10 nitrogen and oxygen atoms in total. The molecule has 0 unspecified atom stereocenters. The largest absolute Gasteiger partial charge is 0.391 e. The molecule has 10 heteroatoms. The van der Waals surface area contributed by atoms with Gasteiger partial charge < -0.3 is 10.8 Å². The van der Waals surface area contributed by atoms with E-state index >= 15 is 0 Å². The van der Waals surface area contributed by atoms with Crippen LogP contribution in [0.15, 0.2) is 11.3 Å². The summed E-state index contributed by atoms with van der Waals surface area (Å²) in [7, 11) is 1.41. The quantitative estimate of drug-likeness (QED) is 0.635. The molecule has 1 aliphatic rings. The van der Waals surface area contributed by atoms with Gasteiger partial charge in [-0.05, 0) is 6.92 Å². The van der Waals surface area contributed by atoms with Gasteiger partial charge in [-0.3, -0.25) is 15.0 Å². The predicted octanol–water partition coefficient (Wildman–Crippen LogP) is -1.23. The standard InChI is InChI=1S/C11H14N7O3/c1-5(19)6(12)10(20)17-11(21)18(2)9-7-8(14-3-13-7)15-4-16-9/h3-6,19H,12H2,1-2H3,(H,17,20,21)/t5-,6+/m1/s1. The molecule has 21 heavy (non-hydrogen) atoms. The first-order valence-corrected chi connectivity index (χ1v) is 6.02. The second-order valence-corrected chi connectivity index (χ2v) is 4.36. The molecule has 2 heterocycles. The van der Waals surface area contributed by atoms with E-state index in [4.69, 9.17) is 5.73 Å². The number of imide groups is 1. The molecule has 0 aliphatic carbocycles. The minimum Gasteiger partial charge on any atom is -0.391 e. The van der Waals surface area contributed by atoms with Gasteiger partial charge in [0.05, 0.1) is 6.10 Å². The first-order chi connectivity index (χ1) is 9.91. The fourth-order valence-electron chi connectivity index (χ4n) is 1.55. The number of aliphatic hydroxyl groups is 1. The molecule has 1 aromatic rings. The van der Waals surface area contributed by atoms with Crippen molar-refractivity contribution in [3.63, 3.8) is 0 Å². The van der Waals surface area contributed by atoms with Gasteiger partial charge in [0.25, 0.3) is 0 Å². The molecular weight excluding hydrogens is 278 g/mol. The summed E-state index contributed by atoms with van der Waals surface area (Å²) >= 11 is 0. The van der Waals surface area contributed by atoms with Crippen molar-refractivity contribution in [2.45, 2.75) is 19.1 Å². The van der Waals surface area contributed by atoms with Crippen LogP contribution >= 0.6 is 0 Å². The number of hydrogen-bond acceptors (Lipinski definition) is 7. The maximum Gasteiger partial charge on any atom is 0.329 e. The lowest BCUT2D eigenvalue weighted by Gasteiger charge is -2.19. The third kappa shape index (κ3) is 2.95. The van der Waals surface area contributed by atoms with Crippen LogP contribution in [0.25, 0.3) is 0 Å². The molecule has 0 bridgehead atoms. The highest BCUT2D eigenvalue weighted by molar-refractivity contribution is 6.05. The van der Waals surface area contributed by atoms with Gasteiger partial charge in [0.2, 0.25) is 5.91 Å². The van der Waals surface area contributed by atoms with Crippen LogP contribution in [0.4, 0.5) is 22.1 Å². The van der Waals surface area contributed by atoms with Gasteiger partial charge in [0, 0.05) is 7.05 Å². The SMILES string of the molecule is C[C@@H](O)[C@H](N)C(=O)NC(=O)N(C)c1ncnc2c1N=C[N]2. The molecule has 2 rings (SSSR count). The van der Waals surface area contributed by atoms with Gasteiger partial charge in [-0.25, -0.2) is 25.1 Å². The molecule has 2 atom stereocenters. The molecule has 0 fully saturated rings. The van der Waals surface area contributed by atoms with E-state index in [1.165, 1.54) is 26.6 Å². The molecule has 1 radical (unpaired) electrons. The monoisotopic (exact) mass is 292 g/mol. The van der Waals surface area contributed by atoms with Gasteiger partial charge in [-0.15, -0.1) is 0 Å². The Morgan fingerprint density at radius 3 is 2.81 bits per heavy atom. The minimum absolute atomic E-state index is 0.202. The summed E-state index contributed by atoms with van der Waals surface area (Å²) in [6.07, 6.45) is 1.46. The first kappa shape index (κ1) is 14.8. The first-order valence-electron chi connectivity index (χ1n) is 6.02. The number of aliphatic imine (C=N–C) groups is 1. The second-order valence-electron chi connectivity index (χ2n) is 4.36. The number of aliphatic hydroxyl groups excluding tert-OH is 1. The lowest BCUT2D eigenvalue weighted by Crippen LogP contribution is -2.52. The Hall–Kier alpha value is -2.59. The van der Waals surface area contributed by atoms with Crippen LogP contribution in [0.2, 0.25) is 0 Å². The Kier molecular flexibility index (Phi) is 4.10. The van der Waals surface area contributed by atoms with Crippen molar-refractivity contribution in [3.05, 3.63) is 6.33 Å². The number of nitrogens with zero attached hydrogens (tertiary/aromatic N) is 5. The van der Waals surface area contributed by atoms with E-state index < -0.39 is 24.1 Å². The van der Waals surface area contributed by atoms with Crippen LogP contribution in [0.1, 0.15) is 6.92 Å². The number of fused-ring (bicyclic) bond motifs is 1. The Morgan fingerprint density at radius 2 is 2.14 bits per heavy atom. The average Bonchev–Trinajstić information content (AvgIpc) is 2.93. The fraction of sp³-hybridized carbons (Fsp3) is 0.364. The van der Waals surface area contributed by atoms with Crippen molar-refractivity contribution in [2.75, 3.05) is 11.9 Å². The van der Waals surface area contributed by atoms with Crippen LogP contribution < -0.4 is 21.3 Å². The molecule has 1 aliphatic heterocycles. The van der Waals surface area contributed by atoms with E-state index in [-0.39, 0.29) is 5.82 Å². The molecule has 0 spiro atoms. The van der Waals surface area contributed by atoms with Crippen LogP contribution in [-0.2, 0) is 4.79 Å². The van der Waals surface area contributed by atoms with Crippen molar-refractivity contribution in [1.82, 2.24) is 20.6 Å². The minimum atomic E-state index is -1.20. The fourth-order valence-corrected chi connectivity index (χ4v) is 1.55. The highest BCUT2D eigenvalue weighted by atomic mass is 16.3. The Morgan fingerprint density at radius 1 is 1.43 bits per heavy atom. The zero-order chi connectivity index (χ0) is 15.6. The van der Waals surface area contributed by atoms with Crippen LogP contribution in [0.3, 0.4) is 0 Å². The highest BCUT2D eigenvalue weighted by Crippen LogP contribution is 2.34. The number of rotatable bonds is 3. The third-order valence-corrected chi connectivity index (χ3v) is 2.83. The topological polar surface area (TPSA) is 148 Å². The summed E-state index contributed by atoms with van der Waals surface area (Å²) in [6.45, 7) is 1.35. The van der Waals surface area contributed by atoms with Crippen molar-refractivity contribution in [3.8, 4) is 0 Å². The van der Waals surface area contributed by atoms with Gasteiger partial charge in [0.1, 0.15) is 18.7 Å². The Balaban J connectivity index is 2.12. The van der Waals surface area contributed by atoms with Gasteiger partial charge in [-0.1, -0.05) is 0 Å². The molecular formula is C11H14N7O3. The van der Waals surface area contributed by atoms with Gasteiger partial charge in [0.15, 0.2) is 17.3 Å². The van der Waals surface area contributed by atoms with Gasteiger partial charge in [-0.2, -0.15) is 0 Å². The lowest BCUT2D eigenvalue weighted by molar-refractivity contribution is -0.123. The van der Waals surface area contributed by atoms with Crippen molar-refractivity contribution < 1.29 is 14.7 Å². The van der Waals surface area contributed by atoms with Crippen molar-refractivity contribution in [2.24, 2.45) is 10.7 Å². The van der Waals surface area contributed by atoms with E-state index in [0.29, 0.717) is 11.5 Å². The third-order valence-electron chi connectivity index (χ3n) is 2.83. The lowest BCUT2D eigenvalue weighted by atomic mass is 10.2. The molecule has 4 N–H and O–H groups in total. The van der Waals surface area contributed by atoms with Crippen LogP contribution in [-0.4, -0.2) is 52.5 Å². The smallest absolute Gasteiger partial charge is 0.329 e. The van der Waals surface area contributed by atoms with Crippen molar-refractivity contribution in [1.29, 1.82) is 0 Å². The number of amides is 3. The Labute approximate surface area is 120 Å². The average molecular weight is 292 g/mol. The molecule has 0 aromatic carbocycles. The summed E-state index contributed by atoms with van der Waals surface area (Å²) in [6, 6.07) is -1.95. The number of aromatic nitrogens is 2. The second kappa shape index (κ2) is 5.81. The molecule has 0 saturated carbocycles. The van der Waals surface area contributed by atoms with E-state index in [1.54, 1.807) is 0 Å². The number of carbonyl (C=O) groups excluding carboxylic acids is 2. The number of carbonyl (C=O) groups is 2. The number of anilines is 1. The Bertz CT molecular complexity index is 601.